The van der Waals surface area contributed by atoms with Crippen molar-refractivity contribution >= 4 is 29.1 Å². The molecular formula is C20H25N3O3S. The van der Waals surface area contributed by atoms with Gasteiger partial charge in [-0.3, -0.25) is 9.59 Å². The molecule has 0 saturated heterocycles. The number of aryl methyl sites for hydroxylation is 1. The number of rotatable bonds is 6. The van der Waals surface area contributed by atoms with Gasteiger partial charge in [-0.2, -0.15) is 0 Å². The summed E-state index contributed by atoms with van der Waals surface area (Å²) >= 11 is 1.47. The first-order valence-electron chi connectivity index (χ1n) is 9.07. The summed E-state index contributed by atoms with van der Waals surface area (Å²) in [5.41, 5.74) is 3.23. The van der Waals surface area contributed by atoms with Crippen LogP contribution < -0.4 is 10.1 Å². The van der Waals surface area contributed by atoms with Gasteiger partial charge in [0.25, 0.3) is 5.91 Å². The lowest BCUT2D eigenvalue weighted by Crippen LogP contribution is -2.25. The second kappa shape index (κ2) is 7.76. The number of nitrogens with zero attached hydrogens (tertiary/aromatic N) is 2. The van der Waals surface area contributed by atoms with E-state index in [2.05, 4.69) is 35.6 Å². The Balaban J connectivity index is 1.80. The molecule has 1 amide bonds. The van der Waals surface area contributed by atoms with E-state index < -0.39 is 0 Å². The molecule has 1 aliphatic rings. The van der Waals surface area contributed by atoms with Crippen molar-refractivity contribution in [1.82, 2.24) is 9.55 Å². The van der Waals surface area contributed by atoms with Gasteiger partial charge in [0.1, 0.15) is 5.75 Å². The molecule has 0 fully saturated rings. The molecule has 1 atom stereocenters. The third-order valence-electron chi connectivity index (χ3n) is 4.52. The summed E-state index contributed by atoms with van der Waals surface area (Å²) in [7, 11) is 0. The van der Waals surface area contributed by atoms with Gasteiger partial charge in [0, 0.05) is 17.8 Å². The zero-order chi connectivity index (χ0) is 19.7. The number of thioether (sulfide) groups is 1. The van der Waals surface area contributed by atoms with Gasteiger partial charge >= 0.3 is 0 Å². The topological polar surface area (TPSA) is 73.2 Å². The van der Waals surface area contributed by atoms with Gasteiger partial charge in [-0.25, -0.2) is 4.98 Å². The van der Waals surface area contributed by atoms with Crippen LogP contribution in [0.15, 0.2) is 23.4 Å². The third-order valence-corrected chi connectivity index (χ3v) is 5.61. The number of imidazole rings is 1. The predicted octanol–water partition coefficient (Wildman–Crippen LogP) is 3.85. The van der Waals surface area contributed by atoms with Crippen LogP contribution in [0.2, 0.25) is 0 Å². The number of fused-ring (bicyclic) bond motifs is 1. The standard InChI is InChI=1S/C20H25N3O3S/c1-11(2)9-23-13(4)12(3)21-20(23)27-14(5)19(25)15-6-7-17-16(8-15)22-18(24)10-26-17/h6-8,11,14H,9-10H2,1-5H3,(H,22,24). The van der Waals surface area contributed by atoms with Gasteiger partial charge in [-0.1, -0.05) is 25.6 Å². The zero-order valence-electron chi connectivity index (χ0n) is 16.3. The maximum atomic E-state index is 12.9. The van der Waals surface area contributed by atoms with Crippen molar-refractivity contribution < 1.29 is 14.3 Å². The number of amides is 1. The van der Waals surface area contributed by atoms with E-state index in [1.54, 1.807) is 18.2 Å². The Kier molecular flexibility index (Phi) is 5.60. The van der Waals surface area contributed by atoms with E-state index in [1.807, 2.05) is 13.8 Å². The number of anilines is 1. The van der Waals surface area contributed by atoms with E-state index in [1.165, 1.54) is 11.8 Å². The number of benzene rings is 1. The quantitative estimate of drug-likeness (QED) is 0.602. The highest BCUT2D eigenvalue weighted by atomic mass is 32.2. The highest BCUT2D eigenvalue weighted by Gasteiger charge is 2.23. The van der Waals surface area contributed by atoms with E-state index in [4.69, 9.17) is 4.74 Å². The molecule has 6 nitrogen and oxygen atoms in total. The lowest BCUT2D eigenvalue weighted by atomic mass is 10.1. The molecule has 1 aromatic carbocycles. The van der Waals surface area contributed by atoms with Crippen LogP contribution >= 0.6 is 11.8 Å². The third kappa shape index (κ3) is 4.18. The average Bonchev–Trinajstić information content (AvgIpc) is 2.87. The van der Waals surface area contributed by atoms with E-state index >= 15 is 0 Å². The summed E-state index contributed by atoms with van der Waals surface area (Å²) < 4.78 is 7.54. The van der Waals surface area contributed by atoms with Crippen LogP contribution in [0.4, 0.5) is 5.69 Å². The largest absolute Gasteiger partial charge is 0.482 e. The summed E-state index contributed by atoms with van der Waals surface area (Å²) in [4.78, 5) is 29.1. The minimum absolute atomic E-state index is 0.00275. The van der Waals surface area contributed by atoms with Crippen molar-refractivity contribution in [1.29, 1.82) is 0 Å². The molecule has 1 N–H and O–H groups in total. The Labute approximate surface area is 163 Å². The second-order valence-electron chi connectivity index (χ2n) is 7.24. The summed E-state index contributed by atoms with van der Waals surface area (Å²) in [6, 6.07) is 5.16. The number of aromatic nitrogens is 2. The summed E-state index contributed by atoms with van der Waals surface area (Å²) in [5.74, 6) is 0.866. The maximum Gasteiger partial charge on any atom is 0.262 e. The first kappa shape index (κ1) is 19.5. The highest BCUT2D eigenvalue weighted by Crippen LogP contribution is 2.32. The molecule has 1 unspecified atom stereocenters. The normalized spacial score (nSPS) is 14.5. The highest BCUT2D eigenvalue weighted by molar-refractivity contribution is 8.00. The van der Waals surface area contributed by atoms with Crippen LogP contribution in [-0.4, -0.2) is 33.1 Å². The molecular weight excluding hydrogens is 362 g/mol. The van der Waals surface area contributed by atoms with Crippen LogP contribution in [0.1, 0.15) is 42.5 Å². The lowest BCUT2D eigenvalue weighted by Gasteiger charge is -2.19. The maximum absolute atomic E-state index is 12.9. The Morgan fingerprint density at radius 2 is 2.07 bits per heavy atom. The zero-order valence-corrected chi connectivity index (χ0v) is 17.1. The number of carbonyl (C=O) groups excluding carboxylic acids is 2. The molecule has 2 aromatic rings. The van der Waals surface area contributed by atoms with E-state index in [0.717, 1.165) is 23.1 Å². The van der Waals surface area contributed by atoms with Crippen molar-refractivity contribution in [3.63, 3.8) is 0 Å². The minimum Gasteiger partial charge on any atom is -0.482 e. The Morgan fingerprint density at radius 3 is 2.78 bits per heavy atom. The number of nitrogens with one attached hydrogen (secondary N) is 1. The molecule has 144 valence electrons. The average molecular weight is 388 g/mol. The van der Waals surface area contributed by atoms with Gasteiger partial charge < -0.3 is 14.6 Å². The summed E-state index contributed by atoms with van der Waals surface area (Å²) in [5, 5.41) is 3.32. The molecule has 1 aliphatic heterocycles. The van der Waals surface area contributed by atoms with Crippen molar-refractivity contribution in [2.45, 2.75) is 51.6 Å². The number of hydrogen-bond donors (Lipinski definition) is 1. The van der Waals surface area contributed by atoms with E-state index in [9.17, 15) is 9.59 Å². The molecule has 0 spiro atoms. The van der Waals surface area contributed by atoms with Crippen molar-refractivity contribution in [2.24, 2.45) is 5.92 Å². The van der Waals surface area contributed by atoms with Crippen molar-refractivity contribution in [3.05, 3.63) is 35.2 Å². The van der Waals surface area contributed by atoms with E-state index in [-0.39, 0.29) is 23.5 Å². The molecule has 0 saturated carbocycles. The fourth-order valence-corrected chi connectivity index (χ4v) is 4.06. The molecule has 7 heteroatoms. The molecule has 3 rings (SSSR count). The SMILES string of the molecule is Cc1nc(SC(C)C(=O)c2ccc3c(c2)NC(=O)CO3)n(CC(C)C)c1C. The Hall–Kier alpha value is -2.28. The van der Waals surface area contributed by atoms with Gasteiger partial charge in [-0.15, -0.1) is 0 Å². The Bertz CT molecular complexity index is 889. The number of hydrogen-bond acceptors (Lipinski definition) is 5. The molecule has 1 aromatic heterocycles. The van der Waals surface area contributed by atoms with Crippen LogP contribution in [0.3, 0.4) is 0 Å². The van der Waals surface area contributed by atoms with Gasteiger partial charge in [0.15, 0.2) is 17.5 Å². The molecule has 2 heterocycles. The van der Waals surface area contributed by atoms with Crippen molar-refractivity contribution in [3.8, 4) is 5.75 Å². The number of ether oxygens (including phenoxy) is 1. The van der Waals surface area contributed by atoms with Crippen LogP contribution in [-0.2, 0) is 11.3 Å². The van der Waals surface area contributed by atoms with Crippen LogP contribution in [0, 0.1) is 19.8 Å². The number of Topliss-reactive ketones (excluding diaryl/α,β-unsaturated/α-hetero) is 1. The first-order chi connectivity index (χ1) is 12.8. The van der Waals surface area contributed by atoms with Gasteiger partial charge in [-0.05, 0) is 44.9 Å². The lowest BCUT2D eigenvalue weighted by molar-refractivity contribution is -0.118. The Morgan fingerprint density at radius 1 is 1.33 bits per heavy atom. The predicted molar refractivity (Wildman–Crippen MR) is 107 cm³/mol. The van der Waals surface area contributed by atoms with Gasteiger partial charge in [0.05, 0.1) is 16.6 Å². The molecule has 0 aliphatic carbocycles. The monoisotopic (exact) mass is 387 g/mol. The van der Waals surface area contributed by atoms with Crippen LogP contribution in [0.25, 0.3) is 0 Å². The second-order valence-corrected chi connectivity index (χ2v) is 8.55. The molecule has 27 heavy (non-hydrogen) atoms. The van der Waals surface area contributed by atoms with Crippen molar-refractivity contribution in [2.75, 3.05) is 11.9 Å². The van der Waals surface area contributed by atoms with Gasteiger partial charge in [0.2, 0.25) is 0 Å². The number of ketones is 1. The minimum atomic E-state index is -0.296. The smallest absolute Gasteiger partial charge is 0.262 e. The number of carbonyl (C=O) groups is 2. The molecule has 0 bridgehead atoms. The first-order valence-corrected chi connectivity index (χ1v) is 9.95. The molecule has 0 radical (unpaired) electrons. The fourth-order valence-electron chi connectivity index (χ4n) is 2.98. The van der Waals surface area contributed by atoms with Crippen LogP contribution in [0.5, 0.6) is 5.75 Å². The summed E-state index contributed by atoms with van der Waals surface area (Å²) in [6.07, 6.45) is 0. The fraction of sp³-hybridized carbons (Fsp3) is 0.450. The van der Waals surface area contributed by atoms with E-state index in [0.29, 0.717) is 22.9 Å². The summed E-state index contributed by atoms with van der Waals surface area (Å²) in [6.45, 7) is 11.2.